The number of halogens is 1. The third-order valence-corrected chi connectivity index (χ3v) is 4.00. The Hall–Kier alpha value is -1.88. The van der Waals surface area contributed by atoms with Gasteiger partial charge in [0.05, 0.1) is 17.2 Å². The summed E-state index contributed by atoms with van der Waals surface area (Å²) in [5.41, 5.74) is 2.28. The van der Waals surface area contributed by atoms with Gasteiger partial charge in [0.1, 0.15) is 0 Å². The van der Waals surface area contributed by atoms with Crippen molar-refractivity contribution in [2.75, 3.05) is 25.0 Å². The molecule has 0 spiro atoms. The molecule has 4 nitrogen and oxygen atoms in total. The normalized spacial score (nSPS) is 10.8. The number of aliphatic hydroxyl groups is 1. The second-order valence-electron chi connectivity index (χ2n) is 5.63. The molecule has 2 N–H and O–H groups in total. The highest BCUT2D eigenvalue weighted by Gasteiger charge is 2.10. The smallest absolute Gasteiger partial charge is 0.257 e. The summed E-state index contributed by atoms with van der Waals surface area (Å²) in [6, 6.07) is 14.7. The third-order valence-electron chi connectivity index (χ3n) is 3.67. The van der Waals surface area contributed by atoms with Crippen LogP contribution >= 0.6 is 11.6 Å². The van der Waals surface area contributed by atoms with Gasteiger partial charge in [0.15, 0.2) is 0 Å². The van der Waals surface area contributed by atoms with Crippen LogP contribution < -0.4 is 5.32 Å². The summed E-state index contributed by atoms with van der Waals surface area (Å²) >= 11 is 6.06. The molecule has 0 radical (unpaired) electrons. The minimum Gasteiger partial charge on any atom is -0.395 e. The van der Waals surface area contributed by atoms with Crippen LogP contribution in [0.2, 0.25) is 5.02 Å². The second kappa shape index (κ2) is 9.42. The SMILES string of the molecule is CCCN(CCO)Cc1cccc(NC(=O)c2ccccc2Cl)c1. The van der Waals surface area contributed by atoms with Gasteiger partial charge in [-0.15, -0.1) is 0 Å². The standard InChI is InChI=1S/C19H23ClN2O2/c1-2-10-22(11-12-23)14-15-6-5-7-16(13-15)21-19(24)17-8-3-4-9-18(17)20/h3-9,13,23H,2,10-12,14H2,1H3,(H,21,24). The average Bonchev–Trinajstić information content (AvgIpc) is 2.56. The van der Waals surface area contributed by atoms with Crippen molar-refractivity contribution >= 4 is 23.2 Å². The van der Waals surface area contributed by atoms with Crippen molar-refractivity contribution in [1.82, 2.24) is 4.90 Å². The molecule has 1 amide bonds. The van der Waals surface area contributed by atoms with Crippen molar-refractivity contribution in [2.24, 2.45) is 0 Å². The van der Waals surface area contributed by atoms with Crippen LogP contribution in [0.1, 0.15) is 29.3 Å². The Kier molecular flexibility index (Phi) is 7.25. The lowest BCUT2D eigenvalue weighted by Gasteiger charge is -2.20. The van der Waals surface area contributed by atoms with E-state index in [1.54, 1.807) is 24.3 Å². The Balaban J connectivity index is 2.07. The van der Waals surface area contributed by atoms with Crippen LogP contribution in [0.15, 0.2) is 48.5 Å². The van der Waals surface area contributed by atoms with E-state index < -0.39 is 0 Å². The molecule has 0 atom stereocenters. The first-order chi connectivity index (χ1) is 11.6. The molecule has 2 rings (SSSR count). The number of rotatable bonds is 8. The first kappa shape index (κ1) is 18.5. The van der Waals surface area contributed by atoms with Gasteiger partial charge >= 0.3 is 0 Å². The highest BCUT2D eigenvalue weighted by molar-refractivity contribution is 6.34. The molecular weight excluding hydrogens is 324 g/mol. The summed E-state index contributed by atoms with van der Waals surface area (Å²) in [7, 11) is 0. The van der Waals surface area contributed by atoms with Crippen molar-refractivity contribution in [1.29, 1.82) is 0 Å². The fourth-order valence-corrected chi connectivity index (χ4v) is 2.80. The zero-order valence-electron chi connectivity index (χ0n) is 13.8. The predicted octanol–water partition coefficient (Wildman–Crippen LogP) is 3.80. The number of benzene rings is 2. The number of amides is 1. The highest BCUT2D eigenvalue weighted by Crippen LogP contribution is 2.18. The molecule has 0 aliphatic carbocycles. The minimum atomic E-state index is -0.224. The van der Waals surface area contributed by atoms with Gasteiger partial charge in [-0.25, -0.2) is 0 Å². The Morgan fingerprint density at radius 3 is 2.67 bits per heavy atom. The van der Waals surface area contributed by atoms with Gasteiger partial charge in [-0.3, -0.25) is 9.69 Å². The van der Waals surface area contributed by atoms with Crippen LogP contribution in [0.3, 0.4) is 0 Å². The van der Waals surface area contributed by atoms with Crippen LogP contribution in [-0.4, -0.2) is 35.6 Å². The van der Waals surface area contributed by atoms with Gasteiger partial charge in [0, 0.05) is 18.8 Å². The summed E-state index contributed by atoms with van der Waals surface area (Å²) in [5.74, 6) is -0.224. The summed E-state index contributed by atoms with van der Waals surface area (Å²) in [4.78, 5) is 14.5. The van der Waals surface area contributed by atoms with E-state index in [1.165, 1.54) is 0 Å². The molecule has 0 aliphatic heterocycles. The van der Waals surface area contributed by atoms with E-state index in [-0.39, 0.29) is 12.5 Å². The number of carbonyl (C=O) groups is 1. The van der Waals surface area contributed by atoms with Crippen molar-refractivity contribution in [3.63, 3.8) is 0 Å². The van der Waals surface area contributed by atoms with E-state index in [0.29, 0.717) is 17.1 Å². The molecule has 0 fully saturated rings. The maximum absolute atomic E-state index is 12.3. The fraction of sp³-hybridized carbons (Fsp3) is 0.316. The van der Waals surface area contributed by atoms with Gasteiger partial charge in [-0.2, -0.15) is 0 Å². The first-order valence-corrected chi connectivity index (χ1v) is 8.50. The van der Waals surface area contributed by atoms with E-state index in [2.05, 4.69) is 17.1 Å². The molecular formula is C19H23ClN2O2. The monoisotopic (exact) mass is 346 g/mol. The van der Waals surface area contributed by atoms with Gasteiger partial charge < -0.3 is 10.4 Å². The summed E-state index contributed by atoms with van der Waals surface area (Å²) in [6.07, 6.45) is 1.03. The summed E-state index contributed by atoms with van der Waals surface area (Å²) < 4.78 is 0. The van der Waals surface area contributed by atoms with Crippen LogP contribution in [0.25, 0.3) is 0 Å². The lowest BCUT2D eigenvalue weighted by atomic mass is 10.1. The van der Waals surface area contributed by atoms with Crippen LogP contribution in [0, 0.1) is 0 Å². The zero-order chi connectivity index (χ0) is 17.4. The fourth-order valence-electron chi connectivity index (χ4n) is 2.58. The number of nitrogens with one attached hydrogen (secondary N) is 1. The number of hydrogen-bond donors (Lipinski definition) is 2. The summed E-state index contributed by atoms with van der Waals surface area (Å²) in [5, 5.41) is 12.5. The predicted molar refractivity (Wildman–Crippen MR) is 98.5 cm³/mol. The molecule has 0 saturated heterocycles. The number of hydrogen-bond acceptors (Lipinski definition) is 3. The molecule has 0 bridgehead atoms. The molecule has 128 valence electrons. The van der Waals surface area contributed by atoms with Crippen molar-refractivity contribution in [3.8, 4) is 0 Å². The van der Waals surface area contributed by atoms with Gasteiger partial charge in [0.2, 0.25) is 0 Å². The van der Waals surface area contributed by atoms with Crippen LogP contribution in [0.5, 0.6) is 0 Å². The third kappa shape index (κ3) is 5.34. The molecule has 24 heavy (non-hydrogen) atoms. The Labute approximate surface area is 148 Å². The lowest BCUT2D eigenvalue weighted by Crippen LogP contribution is -2.27. The largest absolute Gasteiger partial charge is 0.395 e. The average molecular weight is 347 g/mol. The first-order valence-electron chi connectivity index (χ1n) is 8.12. The number of aliphatic hydroxyl groups excluding tert-OH is 1. The lowest BCUT2D eigenvalue weighted by molar-refractivity contribution is 0.102. The Morgan fingerprint density at radius 2 is 1.96 bits per heavy atom. The van der Waals surface area contributed by atoms with E-state index in [9.17, 15) is 4.79 Å². The highest BCUT2D eigenvalue weighted by atomic mass is 35.5. The van der Waals surface area contributed by atoms with Crippen molar-refractivity contribution in [3.05, 3.63) is 64.7 Å². The number of carbonyl (C=O) groups excluding carboxylic acids is 1. The maximum atomic E-state index is 12.3. The van der Waals surface area contributed by atoms with Gasteiger partial charge in [-0.05, 0) is 42.8 Å². The molecule has 2 aromatic rings. The molecule has 5 heteroatoms. The maximum Gasteiger partial charge on any atom is 0.257 e. The van der Waals surface area contributed by atoms with Gasteiger partial charge in [0.25, 0.3) is 5.91 Å². The number of nitrogens with zero attached hydrogens (tertiary/aromatic N) is 1. The number of anilines is 1. The van der Waals surface area contributed by atoms with Gasteiger partial charge in [-0.1, -0.05) is 42.8 Å². The van der Waals surface area contributed by atoms with Crippen LogP contribution in [0.4, 0.5) is 5.69 Å². The molecule has 0 heterocycles. The van der Waals surface area contributed by atoms with E-state index >= 15 is 0 Å². The van der Waals surface area contributed by atoms with E-state index in [1.807, 2.05) is 24.3 Å². The van der Waals surface area contributed by atoms with Crippen molar-refractivity contribution in [2.45, 2.75) is 19.9 Å². The quantitative estimate of drug-likeness (QED) is 0.764. The van der Waals surface area contributed by atoms with Crippen LogP contribution in [-0.2, 0) is 6.54 Å². The van der Waals surface area contributed by atoms with E-state index in [4.69, 9.17) is 16.7 Å². The Morgan fingerprint density at radius 1 is 1.17 bits per heavy atom. The molecule has 0 aromatic heterocycles. The Bertz CT molecular complexity index is 670. The minimum absolute atomic E-state index is 0.142. The molecule has 0 unspecified atom stereocenters. The second-order valence-corrected chi connectivity index (χ2v) is 6.04. The van der Waals surface area contributed by atoms with E-state index in [0.717, 1.165) is 30.8 Å². The summed E-state index contributed by atoms with van der Waals surface area (Å²) in [6.45, 7) is 4.57. The topological polar surface area (TPSA) is 52.6 Å². The molecule has 2 aromatic carbocycles. The zero-order valence-corrected chi connectivity index (χ0v) is 14.6. The molecule has 0 aliphatic rings. The molecule has 0 saturated carbocycles. The van der Waals surface area contributed by atoms with Crippen molar-refractivity contribution < 1.29 is 9.90 Å².